The lowest BCUT2D eigenvalue weighted by atomic mass is 9.75. The van der Waals surface area contributed by atoms with Crippen molar-refractivity contribution in [2.24, 2.45) is 11.8 Å². The van der Waals surface area contributed by atoms with Crippen molar-refractivity contribution in [1.29, 1.82) is 0 Å². The first-order valence-corrected chi connectivity index (χ1v) is 10.8. The van der Waals surface area contributed by atoms with Crippen LogP contribution in [0.25, 0.3) is 0 Å². The summed E-state index contributed by atoms with van der Waals surface area (Å²) in [7, 11) is 0. The van der Waals surface area contributed by atoms with Gasteiger partial charge in [-0.15, -0.1) is 0 Å². The number of fused-ring (bicyclic) bond motifs is 1. The third kappa shape index (κ3) is 4.16. The molecular weight excluding hydrogens is 400 g/mol. The zero-order valence-corrected chi connectivity index (χ0v) is 18.1. The Hall–Kier alpha value is -2.90. The van der Waals surface area contributed by atoms with Crippen molar-refractivity contribution in [2.75, 3.05) is 6.54 Å². The summed E-state index contributed by atoms with van der Waals surface area (Å²) in [5.74, 6) is -2.20. The number of likely N-dealkylation sites (tertiary alicyclic amines) is 1. The van der Waals surface area contributed by atoms with Crippen molar-refractivity contribution < 1.29 is 28.8 Å². The molecule has 3 amide bonds. The van der Waals surface area contributed by atoms with E-state index in [1.165, 1.54) is 12.1 Å². The van der Waals surface area contributed by atoms with Gasteiger partial charge in [-0.3, -0.25) is 9.59 Å². The Labute approximate surface area is 181 Å². The fourth-order valence-electron chi connectivity index (χ4n) is 4.44. The first-order valence-electron chi connectivity index (χ1n) is 10.8. The van der Waals surface area contributed by atoms with Crippen LogP contribution in [0.1, 0.15) is 73.6 Å². The number of rotatable bonds is 3. The largest absolute Gasteiger partial charge is 0.444 e. The van der Waals surface area contributed by atoms with Gasteiger partial charge in [0.1, 0.15) is 5.60 Å². The van der Waals surface area contributed by atoms with Gasteiger partial charge in [-0.25, -0.2) is 9.59 Å². The van der Waals surface area contributed by atoms with E-state index in [9.17, 15) is 19.2 Å². The minimum Gasteiger partial charge on any atom is -0.444 e. The fraction of sp³-hybridized carbons (Fsp3) is 0.565. The lowest BCUT2D eigenvalue weighted by Gasteiger charge is -2.45. The lowest BCUT2D eigenvalue weighted by molar-refractivity contribution is -0.176. The summed E-state index contributed by atoms with van der Waals surface area (Å²) in [6.45, 7) is 5.57. The van der Waals surface area contributed by atoms with Gasteiger partial charge in [-0.2, -0.15) is 0 Å². The molecule has 8 heteroatoms. The highest BCUT2D eigenvalue weighted by molar-refractivity contribution is 6.20. The SMILES string of the molecule is CC(C)(C)OC(=O)N1CC(C(=O)ON2C(=O)c3ccccc3C2=O)CCC1C1CCC1. The van der Waals surface area contributed by atoms with Gasteiger partial charge >= 0.3 is 12.1 Å². The third-order valence-electron chi connectivity index (χ3n) is 6.22. The van der Waals surface area contributed by atoms with Crippen LogP contribution in [0, 0.1) is 11.8 Å². The molecule has 2 atom stereocenters. The van der Waals surface area contributed by atoms with E-state index in [0.717, 1.165) is 19.3 Å². The van der Waals surface area contributed by atoms with Crippen LogP contribution in [-0.2, 0) is 14.4 Å². The molecule has 2 unspecified atom stereocenters. The topological polar surface area (TPSA) is 93.2 Å². The van der Waals surface area contributed by atoms with Crippen LogP contribution in [-0.4, -0.2) is 52.0 Å². The Morgan fingerprint density at radius 1 is 0.968 bits per heavy atom. The summed E-state index contributed by atoms with van der Waals surface area (Å²) in [5, 5.41) is 0.531. The minimum atomic E-state index is -0.685. The lowest BCUT2D eigenvalue weighted by Crippen LogP contribution is -2.54. The van der Waals surface area contributed by atoms with Gasteiger partial charge in [0.05, 0.1) is 17.0 Å². The van der Waals surface area contributed by atoms with Crippen LogP contribution >= 0.6 is 0 Å². The normalized spacial score (nSPS) is 24.0. The van der Waals surface area contributed by atoms with Crippen LogP contribution in [0.3, 0.4) is 0 Å². The van der Waals surface area contributed by atoms with Crippen LogP contribution < -0.4 is 0 Å². The molecule has 3 aliphatic rings. The number of piperidine rings is 1. The monoisotopic (exact) mass is 428 g/mol. The summed E-state index contributed by atoms with van der Waals surface area (Å²) < 4.78 is 5.58. The van der Waals surface area contributed by atoms with Gasteiger partial charge in [-0.1, -0.05) is 23.6 Å². The average Bonchev–Trinajstić information content (AvgIpc) is 2.91. The van der Waals surface area contributed by atoms with Crippen molar-refractivity contribution in [1.82, 2.24) is 9.96 Å². The summed E-state index contributed by atoms with van der Waals surface area (Å²) in [5.41, 5.74) is -0.219. The molecule has 1 saturated carbocycles. The predicted octanol–water partition coefficient (Wildman–Crippen LogP) is 3.56. The van der Waals surface area contributed by atoms with Gasteiger partial charge in [0, 0.05) is 12.6 Å². The highest BCUT2D eigenvalue weighted by Gasteiger charge is 2.44. The van der Waals surface area contributed by atoms with Crippen LogP contribution in [0.4, 0.5) is 4.79 Å². The molecule has 166 valence electrons. The molecule has 2 fully saturated rings. The van der Waals surface area contributed by atoms with Gasteiger partial charge in [0.25, 0.3) is 11.8 Å². The number of imide groups is 1. The number of benzene rings is 1. The molecule has 0 N–H and O–H groups in total. The molecule has 0 radical (unpaired) electrons. The van der Waals surface area contributed by atoms with E-state index < -0.39 is 35.4 Å². The summed E-state index contributed by atoms with van der Waals surface area (Å²) >= 11 is 0. The maximum Gasteiger partial charge on any atom is 0.410 e. The Bertz CT molecular complexity index is 882. The first-order chi connectivity index (χ1) is 14.7. The molecule has 1 saturated heterocycles. The second-order valence-electron chi connectivity index (χ2n) is 9.53. The Kier molecular flexibility index (Phi) is 5.49. The summed E-state index contributed by atoms with van der Waals surface area (Å²) in [6.07, 6.45) is 4.02. The van der Waals surface area contributed by atoms with E-state index in [4.69, 9.17) is 9.57 Å². The third-order valence-corrected chi connectivity index (χ3v) is 6.22. The Morgan fingerprint density at radius 3 is 2.10 bits per heavy atom. The smallest absolute Gasteiger partial charge is 0.410 e. The maximum atomic E-state index is 12.9. The number of carbonyl (C=O) groups excluding carboxylic acids is 4. The molecule has 0 bridgehead atoms. The minimum absolute atomic E-state index is 0.0342. The standard InChI is InChI=1S/C23H28N2O6/c1-23(2,3)30-22(29)24-13-15(11-12-18(24)14-7-6-8-14)21(28)31-25-19(26)16-9-4-5-10-17(16)20(25)27/h4-5,9-10,14-15,18H,6-8,11-13H2,1-3H3. The maximum absolute atomic E-state index is 12.9. The van der Waals surface area contributed by atoms with E-state index in [0.29, 0.717) is 23.8 Å². The Balaban J connectivity index is 1.46. The highest BCUT2D eigenvalue weighted by atomic mass is 16.7. The molecule has 1 aromatic carbocycles. The number of hydrogen-bond acceptors (Lipinski definition) is 6. The molecule has 1 aromatic rings. The van der Waals surface area contributed by atoms with Crippen molar-refractivity contribution in [3.8, 4) is 0 Å². The molecule has 2 heterocycles. The number of hydrogen-bond donors (Lipinski definition) is 0. The second kappa shape index (κ2) is 7.98. The molecule has 0 spiro atoms. The first kappa shape index (κ1) is 21.3. The zero-order valence-electron chi connectivity index (χ0n) is 18.1. The van der Waals surface area contributed by atoms with E-state index in [-0.39, 0.29) is 23.7 Å². The highest BCUT2D eigenvalue weighted by Crippen LogP contribution is 2.38. The van der Waals surface area contributed by atoms with Crippen molar-refractivity contribution >= 4 is 23.9 Å². The Morgan fingerprint density at radius 2 is 1.58 bits per heavy atom. The number of hydroxylamine groups is 2. The van der Waals surface area contributed by atoms with Crippen LogP contribution in [0.2, 0.25) is 0 Å². The van der Waals surface area contributed by atoms with E-state index in [2.05, 4.69) is 0 Å². The van der Waals surface area contributed by atoms with E-state index in [1.807, 2.05) is 0 Å². The van der Waals surface area contributed by atoms with Crippen molar-refractivity contribution in [3.63, 3.8) is 0 Å². The number of nitrogens with zero attached hydrogens (tertiary/aromatic N) is 2. The number of carbonyl (C=O) groups is 4. The quantitative estimate of drug-likeness (QED) is 0.684. The molecule has 0 aromatic heterocycles. The van der Waals surface area contributed by atoms with Gasteiger partial charge in [-0.05, 0) is 64.5 Å². The van der Waals surface area contributed by atoms with Gasteiger partial charge in [0.15, 0.2) is 0 Å². The summed E-state index contributed by atoms with van der Waals surface area (Å²) in [6, 6.07) is 6.38. The van der Waals surface area contributed by atoms with Crippen LogP contribution in [0.5, 0.6) is 0 Å². The fourth-order valence-corrected chi connectivity index (χ4v) is 4.44. The van der Waals surface area contributed by atoms with Crippen LogP contribution in [0.15, 0.2) is 24.3 Å². The molecule has 2 aliphatic heterocycles. The molecule has 8 nitrogen and oxygen atoms in total. The number of amides is 3. The molecular formula is C23H28N2O6. The van der Waals surface area contributed by atoms with Crippen molar-refractivity contribution in [3.05, 3.63) is 35.4 Å². The predicted molar refractivity (Wildman–Crippen MR) is 110 cm³/mol. The zero-order chi connectivity index (χ0) is 22.3. The molecule has 31 heavy (non-hydrogen) atoms. The second-order valence-corrected chi connectivity index (χ2v) is 9.53. The molecule has 1 aliphatic carbocycles. The van der Waals surface area contributed by atoms with E-state index in [1.54, 1.807) is 37.8 Å². The van der Waals surface area contributed by atoms with Gasteiger partial charge < -0.3 is 14.5 Å². The van der Waals surface area contributed by atoms with Gasteiger partial charge in [0.2, 0.25) is 0 Å². The number of ether oxygens (including phenoxy) is 1. The van der Waals surface area contributed by atoms with Crippen molar-refractivity contribution in [2.45, 2.75) is 64.5 Å². The average molecular weight is 428 g/mol. The molecule has 4 rings (SSSR count). The van der Waals surface area contributed by atoms with E-state index >= 15 is 0 Å². The summed E-state index contributed by atoms with van der Waals surface area (Å²) in [4.78, 5) is 57.6.